The molecule has 2 rings (SSSR count). The average molecular weight is 247 g/mol. The lowest BCUT2D eigenvalue weighted by Gasteiger charge is -2.26. The molecule has 4 nitrogen and oxygen atoms in total. The maximum Gasteiger partial charge on any atom is 0.251 e. The molecule has 0 unspecified atom stereocenters. The molecule has 4 heteroatoms. The third kappa shape index (κ3) is 3.29. The Balaban J connectivity index is 1.84. The van der Waals surface area contributed by atoms with Gasteiger partial charge in [-0.05, 0) is 44.5 Å². The molecule has 0 spiro atoms. The number of carbonyl (C=O) groups is 1. The number of nitrogens with one attached hydrogen (secondary N) is 1. The predicted molar refractivity (Wildman–Crippen MR) is 71.5 cm³/mol. The molecule has 1 aromatic heterocycles. The monoisotopic (exact) mass is 247 g/mol. The summed E-state index contributed by atoms with van der Waals surface area (Å²) in [6.07, 6.45) is 6.94. The fourth-order valence-electron chi connectivity index (χ4n) is 2.45. The molecule has 1 aliphatic rings. The molecule has 0 aliphatic carbocycles. The number of hydrogen-bond donors (Lipinski definition) is 1. The van der Waals surface area contributed by atoms with E-state index in [1.165, 1.54) is 25.9 Å². The lowest BCUT2D eigenvalue weighted by Crippen LogP contribution is -2.42. The highest BCUT2D eigenvalue weighted by molar-refractivity contribution is 5.93. The van der Waals surface area contributed by atoms with Crippen molar-refractivity contribution < 1.29 is 4.79 Å². The first kappa shape index (κ1) is 13.0. The van der Waals surface area contributed by atoms with E-state index in [1.54, 1.807) is 24.5 Å². The Morgan fingerprint density at radius 2 is 2.06 bits per heavy atom. The van der Waals surface area contributed by atoms with E-state index in [2.05, 4.69) is 22.1 Å². The molecule has 1 atom stereocenters. The Morgan fingerprint density at radius 1 is 1.39 bits per heavy atom. The van der Waals surface area contributed by atoms with Gasteiger partial charge in [0.2, 0.25) is 0 Å². The molecule has 0 bridgehead atoms. The average Bonchev–Trinajstić information content (AvgIpc) is 2.94. The lowest BCUT2D eigenvalue weighted by molar-refractivity contribution is 0.0937. The molecule has 1 fully saturated rings. The maximum atomic E-state index is 11.9. The van der Waals surface area contributed by atoms with Gasteiger partial charge in [-0.1, -0.05) is 6.92 Å². The number of pyridine rings is 1. The molecule has 1 aliphatic heterocycles. The van der Waals surface area contributed by atoms with E-state index in [1.807, 2.05) is 0 Å². The first-order chi connectivity index (χ1) is 8.81. The second-order valence-corrected chi connectivity index (χ2v) is 4.75. The van der Waals surface area contributed by atoms with Crippen LogP contribution >= 0.6 is 0 Å². The van der Waals surface area contributed by atoms with Gasteiger partial charge in [0, 0.05) is 30.5 Å². The van der Waals surface area contributed by atoms with Gasteiger partial charge >= 0.3 is 0 Å². The summed E-state index contributed by atoms with van der Waals surface area (Å²) in [4.78, 5) is 18.3. The highest BCUT2D eigenvalue weighted by Crippen LogP contribution is 2.13. The molecule has 0 radical (unpaired) electrons. The molecule has 1 saturated heterocycles. The molecule has 0 aromatic carbocycles. The summed E-state index contributed by atoms with van der Waals surface area (Å²) in [5, 5.41) is 3.02. The Hall–Kier alpha value is -1.42. The van der Waals surface area contributed by atoms with Crippen molar-refractivity contribution in [2.75, 3.05) is 19.6 Å². The van der Waals surface area contributed by atoms with Crippen LogP contribution in [0.2, 0.25) is 0 Å². The third-order valence-electron chi connectivity index (χ3n) is 3.57. The van der Waals surface area contributed by atoms with E-state index in [0.717, 1.165) is 13.0 Å². The summed E-state index contributed by atoms with van der Waals surface area (Å²) in [5.74, 6) is -0.00459. The van der Waals surface area contributed by atoms with Crippen LogP contribution in [-0.2, 0) is 0 Å². The molecule has 1 N–H and O–H groups in total. The number of carbonyl (C=O) groups excluding carboxylic acids is 1. The molecule has 2 heterocycles. The maximum absolute atomic E-state index is 11.9. The number of likely N-dealkylation sites (tertiary alicyclic amines) is 1. The van der Waals surface area contributed by atoms with Gasteiger partial charge in [-0.2, -0.15) is 0 Å². The van der Waals surface area contributed by atoms with Gasteiger partial charge in [-0.3, -0.25) is 14.7 Å². The van der Waals surface area contributed by atoms with Crippen LogP contribution in [0.4, 0.5) is 0 Å². The Morgan fingerprint density at radius 3 is 2.67 bits per heavy atom. The fraction of sp³-hybridized carbons (Fsp3) is 0.571. The molecule has 1 aromatic rings. The first-order valence-corrected chi connectivity index (χ1v) is 6.73. The molecule has 0 saturated carbocycles. The number of aromatic nitrogens is 1. The van der Waals surface area contributed by atoms with Gasteiger partial charge in [0.25, 0.3) is 5.91 Å². The molecule has 98 valence electrons. The van der Waals surface area contributed by atoms with Crippen molar-refractivity contribution in [2.24, 2.45) is 0 Å². The summed E-state index contributed by atoms with van der Waals surface area (Å²) in [5.41, 5.74) is 0.682. The quantitative estimate of drug-likeness (QED) is 0.861. The van der Waals surface area contributed by atoms with Gasteiger partial charge in [-0.15, -0.1) is 0 Å². The SMILES string of the molecule is CC[C@H](CNC(=O)c1ccncc1)N1CCCC1. The highest BCUT2D eigenvalue weighted by Gasteiger charge is 2.20. The van der Waals surface area contributed by atoms with E-state index < -0.39 is 0 Å². The second-order valence-electron chi connectivity index (χ2n) is 4.75. The molecular weight excluding hydrogens is 226 g/mol. The topological polar surface area (TPSA) is 45.2 Å². The summed E-state index contributed by atoms with van der Waals surface area (Å²) >= 11 is 0. The van der Waals surface area contributed by atoms with Crippen LogP contribution in [0, 0.1) is 0 Å². The Labute approximate surface area is 108 Å². The summed E-state index contributed by atoms with van der Waals surface area (Å²) in [7, 11) is 0. The van der Waals surface area contributed by atoms with Crippen LogP contribution in [-0.4, -0.2) is 41.5 Å². The van der Waals surface area contributed by atoms with Crippen LogP contribution in [0.1, 0.15) is 36.5 Å². The van der Waals surface area contributed by atoms with E-state index in [0.29, 0.717) is 11.6 Å². The summed E-state index contributed by atoms with van der Waals surface area (Å²) < 4.78 is 0. The number of hydrogen-bond acceptors (Lipinski definition) is 3. The molecule has 1 amide bonds. The zero-order valence-electron chi connectivity index (χ0n) is 10.9. The number of rotatable bonds is 5. The van der Waals surface area contributed by atoms with E-state index in [4.69, 9.17) is 0 Å². The minimum Gasteiger partial charge on any atom is -0.350 e. The van der Waals surface area contributed by atoms with Gasteiger partial charge < -0.3 is 5.32 Å². The lowest BCUT2D eigenvalue weighted by atomic mass is 10.2. The zero-order valence-corrected chi connectivity index (χ0v) is 10.9. The van der Waals surface area contributed by atoms with Crippen molar-refractivity contribution in [3.63, 3.8) is 0 Å². The summed E-state index contributed by atoms with van der Waals surface area (Å²) in [6.45, 7) is 5.26. The molecular formula is C14H21N3O. The van der Waals surface area contributed by atoms with E-state index >= 15 is 0 Å². The standard InChI is InChI=1S/C14H21N3O/c1-2-13(17-9-3-4-10-17)11-16-14(18)12-5-7-15-8-6-12/h5-8,13H,2-4,9-11H2,1H3,(H,16,18)/t13-/m1/s1. The number of nitrogens with zero attached hydrogens (tertiary/aromatic N) is 2. The van der Waals surface area contributed by atoms with Gasteiger partial charge in [0.1, 0.15) is 0 Å². The number of amides is 1. The largest absolute Gasteiger partial charge is 0.350 e. The zero-order chi connectivity index (χ0) is 12.8. The van der Waals surface area contributed by atoms with Crippen molar-refractivity contribution >= 4 is 5.91 Å². The minimum absolute atomic E-state index is 0.00459. The van der Waals surface area contributed by atoms with Crippen molar-refractivity contribution in [2.45, 2.75) is 32.2 Å². The second kappa shape index (κ2) is 6.50. The fourth-order valence-corrected chi connectivity index (χ4v) is 2.45. The van der Waals surface area contributed by atoms with Crippen LogP contribution in [0.3, 0.4) is 0 Å². The predicted octanol–water partition coefficient (Wildman–Crippen LogP) is 1.69. The van der Waals surface area contributed by atoms with Gasteiger partial charge in [0.15, 0.2) is 0 Å². The van der Waals surface area contributed by atoms with Crippen molar-refractivity contribution in [3.8, 4) is 0 Å². The Bertz CT molecular complexity index is 374. The minimum atomic E-state index is -0.00459. The first-order valence-electron chi connectivity index (χ1n) is 6.73. The van der Waals surface area contributed by atoms with Crippen molar-refractivity contribution in [1.29, 1.82) is 0 Å². The van der Waals surface area contributed by atoms with E-state index in [-0.39, 0.29) is 5.91 Å². The van der Waals surface area contributed by atoms with Crippen molar-refractivity contribution in [1.82, 2.24) is 15.2 Å². The van der Waals surface area contributed by atoms with Crippen LogP contribution < -0.4 is 5.32 Å². The van der Waals surface area contributed by atoms with Gasteiger partial charge in [0.05, 0.1) is 0 Å². The van der Waals surface area contributed by atoms with Gasteiger partial charge in [-0.25, -0.2) is 0 Å². The van der Waals surface area contributed by atoms with Crippen LogP contribution in [0.5, 0.6) is 0 Å². The van der Waals surface area contributed by atoms with E-state index in [9.17, 15) is 4.79 Å². The summed E-state index contributed by atoms with van der Waals surface area (Å²) in [6, 6.07) is 3.96. The Kier molecular flexibility index (Phi) is 4.70. The van der Waals surface area contributed by atoms with Crippen molar-refractivity contribution in [3.05, 3.63) is 30.1 Å². The normalized spacial score (nSPS) is 17.6. The third-order valence-corrected chi connectivity index (χ3v) is 3.57. The van der Waals surface area contributed by atoms with Crippen LogP contribution in [0.25, 0.3) is 0 Å². The molecule has 18 heavy (non-hydrogen) atoms. The smallest absolute Gasteiger partial charge is 0.251 e. The highest BCUT2D eigenvalue weighted by atomic mass is 16.1. The van der Waals surface area contributed by atoms with Crippen LogP contribution in [0.15, 0.2) is 24.5 Å².